The van der Waals surface area contributed by atoms with Crippen LogP contribution in [0.3, 0.4) is 0 Å². The molecular weight excluding hydrogens is 830 g/mol. The van der Waals surface area contributed by atoms with Gasteiger partial charge in [-0.2, -0.15) is 0 Å². The third-order valence-corrected chi connectivity index (χ3v) is 12.2. The van der Waals surface area contributed by atoms with E-state index in [1.807, 2.05) is 114 Å². The Morgan fingerprint density at radius 2 is 1.35 bits per heavy atom. The summed E-state index contributed by atoms with van der Waals surface area (Å²) in [6.45, 7) is 5.66. The van der Waals surface area contributed by atoms with Gasteiger partial charge in [0.2, 0.25) is 11.6 Å². The summed E-state index contributed by atoms with van der Waals surface area (Å²) >= 11 is 0. The van der Waals surface area contributed by atoms with Crippen molar-refractivity contribution in [2.75, 3.05) is 4.90 Å². The number of nitrogens with zero attached hydrogens (tertiary/aromatic N) is 2. The number of aromatic nitrogens is 1. The Balaban J connectivity index is 1.17. The highest BCUT2D eigenvalue weighted by Crippen LogP contribution is 2.56. The molecule has 0 unspecified atom stereocenters. The molecule has 3 aliphatic rings. The lowest BCUT2D eigenvalue weighted by atomic mass is 9.57. The Labute approximate surface area is 375 Å². The van der Waals surface area contributed by atoms with Gasteiger partial charge in [0.05, 0.1) is 11.3 Å². The molecule has 65 heavy (non-hydrogen) atoms. The molecule has 0 radical (unpaired) electrons. The summed E-state index contributed by atoms with van der Waals surface area (Å²) in [6.07, 6.45) is -1.18. The Morgan fingerprint density at radius 3 is 1.91 bits per heavy atom. The molecule has 1 aromatic heterocycles. The Hall–Kier alpha value is -7.25. The van der Waals surface area contributed by atoms with Crippen LogP contribution in [0.1, 0.15) is 82.7 Å². The number of aliphatic hydroxyl groups excluding tert-OH is 1. The number of benzene rings is 5. The number of hydrogen-bond acceptors (Lipinski definition) is 11. The van der Waals surface area contributed by atoms with E-state index in [9.17, 15) is 19.8 Å². The van der Waals surface area contributed by atoms with Crippen LogP contribution in [0.25, 0.3) is 5.76 Å². The zero-order chi connectivity index (χ0) is 45.5. The third kappa shape index (κ3) is 8.35. The summed E-state index contributed by atoms with van der Waals surface area (Å²) in [6, 6.07) is 37.8. The summed E-state index contributed by atoms with van der Waals surface area (Å²) in [5.74, 6) is -6.01. The van der Waals surface area contributed by atoms with Crippen LogP contribution in [0.4, 0.5) is 14.9 Å². The molecule has 3 N–H and O–H groups in total. The van der Waals surface area contributed by atoms with Crippen molar-refractivity contribution in [1.82, 2.24) is 10.5 Å². The van der Waals surface area contributed by atoms with Gasteiger partial charge in [0, 0.05) is 36.2 Å². The number of amides is 1. The number of rotatable bonds is 12. The van der Waals surface area contributed by atoms with E-state index in [1.165, 1.54) is 6.07 Å². The van der Waals surface area contributed by atoms with Crippen molar-refractivity contribution in [3.8, 4) is 11.6 Å². The smallest absolute Gasteiger partial charge is 0.408 e. The molecule has 4 atom stereocenters. The van der Waals surface area contributed by atoms with E-state index in [0.717, 1.165) is 22.3 Å². The number of nitrogens with one attached hydrogen (secondary N) is 1. The molecule has 1 heterocycles. The number of anilines is 1. The molecule has 332 valence electrons. The van der Waals surface area contributed by atoms with Crippen LogP contribution in [0.5, 0.6) is 11.6 Å². The van der Waals surface area contributed by atoms with Gasteiger partial charge in [-0.05, 0) is 66.9 Å². The molecule has 5 aromatic carbocycles. The van der Waals surface area contributed by atoms with Crippen molar-refractivity contribution in [3.05, 3.63) is 183 Å². The molecule has 3 aliphatic carbocycles. The number of alkyl carbamates (subject to hydrolysis) is 1. The SMILES string of the molecule is CC(C)(C)OC(=O)N[C@@H]1c2onc(OCc3ccccc3)c2C(=O)[C@@]2(O)C(=O)C3=C(O)c4c(c(F)cc(N(Cc5ccccc5)Cc5ccccc5)c4OCc4ccccc4)C[C@H]3C[C@@H]12. The Morgan fingerprint density at radius 1 is 0.815 bits per heavy atom. The Bertz CT molecular complexity index is 2730. The summed E-state index contributed by atoms with van der Waals surface area (Å²) in [4.78, 5) is 45.5. The second-order valence-electron chi connectivity index (χ2n) is 17.7. The maximum absolute atomic E-state index is 17.1. The Kier molecular flexibility index (Phi) is 11.5. The number of fused-ring (bicyclic) bond motifs is 4. The van der Waals surface area contributed by atoms with Crippen LogP contribution in [0.15, 0.2) is 137 Å². The maximum Gasteiger partial charge on any atom is 0.408 e. The third-order valence-electron chi connectivity index (χ3n) is 12.2. The number of halogens is 1. The number of carbonyl (C=O) groups excluding carboxylic acids is 3. The molecule has 0 aliphatic heterocycles. The quantitative estimate of drug-likeness (QED) is 0.101. The first-order valence-electron chi connectivity index (χ1n) is 21.6. The molecule has 12 nitrogen and oxygen atoms in total. The van der Waals surface area contributed by atoms with E-state index >= 15 is 9.18 Å². The number of hydrogen-bond donors (Lipinski definition) is 3. The number of ketones is 2. The van der Waals surface area contributed by atoms with Crippen molar-refractivity contribution in [3.63, 3.8) is 0 Å². The molecule has 9 rings (SSSR count). The zero-order valence-electron chi connectivity index (χ0n) is 36.1. The number of Topliss-reactive ketones (excluding diaryl/α,β-unsaturated/α-hetero) is 2. The molecule has 13 heteroatoms. The average Bonchev–Trinajstić information content (AvgIpc) is 3.72. The first-order chi connectivity index (χ1) is 31.3. The largest absolute Gasteiger partial charge is 0.507 e. The van der Waals surface area contributed by atoms with Gasteiger partial charge in [0.1, 0.15) is 42.0 Å². The van der Waals surface area contributed by atoms with Gasteiger partial charge in [-0.1, -0.05) is 121 Å². The van der Waals surface area contributed by atoms with Crippen molar-refractivity contribution >= 4 is 29.1 Å². The fourth-order valence-corrected chi connectivity index (χ4v) is 9.23. The first-order valence-corrected chi connectivity index (χ1v) is 21.6. The van der Waals surface area contributed by atoms with E-state index in [4.69, 9.17) is 18.7 Å². The second kappa shape index (κ2) is 17.4. The molecular formula is C52H48FN3O9. The summed E-state index contributed by atoms with van der Waals surface area (Å²) in [5, 5.41) is 32.2. The minimum absolute atomic E-state index is 0.0287. The zero-order valence-corrected chi connectivity index (χ0v) is 36.1. The fourth-order valence-electron chi connectivity index (χ4n) is 9.23. The lowest BCUT2D eigenvalue weighted by molar-refractivity contribution is -0.140. The highest BCUT2D eigenvalue weighted by molar-refractivity contribution is 6.26. The van der Waals surface area contributed by atoms with Crippen LogP contribution in [0.2, 0.25) is 0 Å². The normalized spacial score (nSPS) is 19.9. The van der Waals surface area contributed by atoms with Gasteiger partial charge in [-0.3, -0.25) is 9.59 Å². The van der Waals surface area contributed by atoms with Crippen molar-refractivity contribution < 1.29 is 47.7 Å². The molecule has 1 fully saturated rings. The van der Waals surface area contributed by atoms with Gasteiger partial charge in [-0.15, -0.1) is 0 Å². The first kappa shape index (κ1) is 43.0. The molecule has 1 saturated carbocycles. The monoisotopic (exact) mass is 877 g/mol. The van der Waals surface area contributed by atoms with Gasteiger partial charge in [0.25, 0.3) is 5.88 Å². The lowest BCUT2D eigenvalue weighted by Gasteiger charge is -2.48. The number of carbonyl (C=O) groups is 3. The van der Waals surface area contributed by atoms with Gasteiger partial charge < -0.3 is 39.2 Å². The van der Waals surface area contributed by atoms with E-state index in [1.54, 1.807) is 32.9 Å². The van der Waals surface area contributed by atoms with E-state index in [-0.39, 0.29) is 65.7 Å². The number of ether oxygens (including phenoxy) is 3. The molecule has 0 spiro atoms. The van der Waals surface area contributed by atoms with Gasteiger partial charge in [0.15, 0.2) is 17.1 Å². The van der Waals surface area contributed by atoms with Crippen LogP contribution in [0, 0.1) is 17.7 Å². The fraction of sp³-hybridized carbons (Fsp3) is 0.269. The van der Waals surface area contributed by atoms with Crippen LogP contribution in [-0.2, 0) is 42.3 Å². The highest BCUT2D eigenvalue weighted by atomic mass is 19.1. The highest BCUT2D eigenvalue weighted by Gasteiger charge is 2.65. The van der Waals surface area contributed by atoms with Crippen LogP contribution in [-0.4, -0.2) is 44.2 Å². The average molecular weight is 878 g/mol. The van der Waals surface area contributed by atoms with Crippen molar-refractivity contribution in [1.29, 1.82) is 0 Å². The maximum atomic E-state index is 17.1. The minimum atomic E-state index is -2.87. The van der Waals surface area contributed by atoms with Crippen LogP contribution >= 0.6 is 0 Å². The van der Waals surface area contributed by atoms with Crippen molar-refractivity contribution in [2.45, 2.75) is 77.2 Å². The van der Waals surface area contributed by atoms with E-state index in [2.05, 4.69) is 10.5 Å². The molecule has 0 saturated heterocycles. The molecule has 1 amide bonds. The van der Waals surface area contributed by atoms with Crippen LogP contribution < -0.4 is 19.7 Å². The topological polar surface area (TPSA) is 161 Å². The number of aliphatic hydroxyl groups is 2. The summed E-state index contributed by atoms with van der Waals surface area (Å²) < 4.78 is 41.0. The van der Waals surface area contributed by atoms with Crippen molar-refractivity contribution in [2.24, 2.45) is 11.8 Å². The predicted octanol–water partition coefficient (Wildman–Crippen LogP) is 9.40. The van der Waals surface area contributed by atoms with E-state index in [0.29, 0.717) is 18.8 Å². The lowest BCUT2D eigenvalue weighted by Crippen LogP contribution is -2.63. The standard InChI is InChI=1S/C52H48FN3O9/c1-51(2,3)64-50(60)54-43-37-25-35-24-36-38(53)26-39(56(27-31-16-8-4-9-17-31)28-32-18-10-5-11-19-32)45(62-29-33-20-12-6-13-21-33)41(36)44(57)40(35)47(58)52(37,61)48(59)42-46(43)65-55-49(42)63-30-34-22-14-7-15-23-34/h4-23,26,35,37,43,57,61H,24-25,27-30H2,1-3H3,(H,54,60)/t35-,37-,43-,52-/m0/s1. The predicted molar refractivity (Wildman–Crippen MR) is 238 cm³/mol. The second-order valence-corrected chi connectivity index (χ2v) is 17.7. The summed E-state index contributed by atoms with van der Waals surface area (Å²) in [5.41, 5.74) is -0.634. The van der Waals surface area contributed by atoms with Gasteiger partial charge >= 0.3 is 6.09 Å². The summed E-state index contributed by atoms with van der Waals surface area (Å²) in [7, 11) is 0. The minimum Gasteiger partial charge on any atom is -0.507 e. The molecule has 0 bridgehead atoms. The van der Waals surface area contributed by atoms with Gasteiger partial charge in [-0.25, -0.2) is 9.18 Å². The van der Waals surface area contributed by atoms with E-state index < -0.39 is 58.3 Å². The molecule has 6 aromatic rings.